The van der Waals surface area contributed by atoms with Crippen LogP contribution in [0.4, 0.5) is 13.2 Å². The number of H-pyrrole nitrogens is 1. The van der Waals surface area contributed by atoms with E-state index in [4.69, 9.17) is 4.74 Å². The molecule has 0 amide bonds. The topological polar surface area (TPSA) is 125 Å². The molecule has 8 nitrogen and oxygen atoms in total. The van der Waals surface area contributed by atoms with E-state index in [1.165, 1.54) is 0 Å². The number of aliphatic hydroxyl groups excluding tert-OH is 3. The summed E-state index contributed by atoms with van der Waals surface area (Å²) >= 11 is -0.838. The van der Waals surface area contributed by atoms with E-state index in [-0.39, 0.29) is 0 Å². The smallest absolute Gasteiger partial charge is 0.392 e. The minimum atomic E-state index is -4.87. The van der Waals surface area contributed by atoms with Crippen LogP contribution in [0.25, 0.3) is 0 Å². The molecule has 0 aromatic carbocycles. The van der Waals surface area contributed by atoms with Crippen LogP contribution in [0.5, 0.6) is 0 Å². The van der Waals surface area contributed by atoms with Crippen molar-refractivity contribution in [2.45, 2.75) is 28.9 Å². The van der Waals surface area contributed by atoms with E-state index in [2.05, 4.69) is 0 Å². The van der Waals surface area contributed by atoms with Crippen molar-refractivity contribution in [3.63, 3.8) is 0 Å². The highest BCUT2D eigenvalue weighted by Gasteiger charge is 2.59. The summed E-state index contributed by atoms with van der Waals surface area (Å²) in [7, 11) is 0. The Labute approximate surface area is 124 Å². The molecule has 2 heterocycles. The Balaban J connectivity index is 2.41. The second kappa shape index (κ2) is 5.70. The number of ether oxygens (including phenoxy) is 1. The van der Waals surface area contributed by atoms with Gasteiger partial charge in [-0.3, -0.25) is 14.3 Å². The summed E-state index contributed by atoms with van der Waals surface area (Å²) in [4.78, 5) is 21.8. The number of aromatic amines is 1. The Morgan fingerprint density at radius 3 is 2.55 bits per heavy atom. The van der Waals surface area contributed by atoms with Crippen molar-refractivity contribution in [2.75, 3.05) is 6.61 Å². The highest BCUT2D eigenvalue weighted by atomic mass is 32.2. The Bertz CT molecular complexity index is 661. The maximum atomic E-state index is 12.6. The van der Waals surface area contributed by atoms with Crippen molar-refractivity contribution in [2.24, 2.45) is 0 Å². The lowest BCUT2D eigenvalue weighted by molar-refractivity contribution is -0.0876. The summed E-state index contributed by atoms with van der Waals surface area (Å²) < 4.78 is 43.2. The van der Waals surface area contributed by atoms with Crippen molar-refractivity contribution >= 4 is 11.8 Å². The van der Waals surface area contributed by atoms with Crippen molar-refractivity contribution in [3.8, 4) is 0 Å². The van der Waals surface area contributed by atoms with Gasteiger partial charge in [0, 0.05) is 12.3 Å². The van der Waals surface area contributed by atoms with Crippen LogP contribution in [0, 0.1) is 0 Å². The lowest BCUT2D eigenvalue weighted by Gasteiger charge is -2.29. The van der Waals surface area contributed by atoms with Gasteiger partial charge in [-0.2, -0.15) is 13.2 Å². The van der Waals surface area contributed by atoms with E-state index in [0.29, 0.717) is 4.57 Å². The van der Waals surface area contributed by atoms with Gasteiger partial charge in [-0.05, 0) is 11.8 Å². The number of alkyl halides is 3. The fourth-order valence-corrected chi connectivity index (χ4v) is 2.92. The molecule has 124 valence electrons. The number of aromatic nitrogens is 2. The summed E-state index contributed by atoms with van der Waals surface area (Å²) in [6.07, 6.45) is -4.85. The van der Waals surface area contributed by atoms with Gasteiger partial charge in [0.2, 0.25) is 0 Å². The average molecular weight is 344 g/mol. The molecule has 4 N–H and O–H groups in total. The molecule has 1 saturated heterocycles. The van der Waals surface area contributed by atoms with Gasteiger partial charge in [-0.15, -0.1) is 0 Å². The minimum absolute atomic E-state index is 0.615. The van der Waals surface area contributed by atoms with Gasteiger partial charge in [0.1, 0.15) is 12.2 Å². The largest absolute Gasteiger partial charge is 0.444 e. The number of nitrogens with zero attached hydrogens (tertiary/aromatic N) is 1. The standard InChI is InChI=1S/C10H11F3N2O6S/c11-10(12,13)22-9(3-16)6(19)5(18)7(21-9)15-2-1-4(17)14-8(15)20/h1-2,5-7,16,18-19H,3H2,(H,14,17,20)/t5-,6+,7-,9+/m1/s1. The van der Waals surface area contributed by atoms with Crippen LogP contribution in [0.3, 0.4) is 0 Å². The number of hydrogen-bond acceptors (Lipinski definition) is 7. The first-order chi connectivity index (χ1) is 10.1. The van der Waals surface area contributed by atoms with Gasteiger partial charge in [-0.25, -0.2) is 4.79 Å². The fraction of sp³-hybridized carbons (Fsp3) is 0.600. The minimum Gasteiger partial charge on any atom is -0.392 e. The first-order valence-corrected chi connectivity index (χ1v) is 6.64. The van der Waals surface area contributed by atoms with Crippen LogP contribution in [0.15, 0.2) is 21.9 Å². The van der Waals surface area contributed by atoms with E-state index < -0.39 is 58.5 Å². The third kappa shape index (κ3) is 3.05. The summed E-state index contributed by atoms with van der Waals surface area (Å²) in [5.41, 5.74) is -6.67. The Morgan fingerprint density at radius 1 is 1.41 bits per heavy atom. The van der Waals surface area contributed by atoms with Crippen LogP contribution in [-0.2, 0) is 4.74 Å². The highest BCUT2D eigenvalue weighted by Crippen LogP contribution is 2.50. The Morgan fingerprint density at radius 2 is 2.05 bits per heavy atom. The Kier molecular flexibility index (Phi) is 4.41. The predicted molar refractivity (Wildman–Crippen MR) is 66.9 cm³/mol. The Hall–Kier alpha value is -1.34. The van der Waals surface area contributed by atoms with E-state index in [9.17, 15) is 38.1 Å². The van der Waals surface area contributed by atoms with Gasteiger partial charge in [0.25, 0.3) is 5.56 Å². The number of nitrogens with one attached hydrogen (secondary N) is 1. The van der Waals surface area contributed by atoms with Crippen molar-refractivity contribution in [1.29, 1.82) is 0 Å². The van der Waals surface area contributed by atoms with Gasteiger partial charge >= 0.3 is 11.2 Å². The summed E-state index contributed by atoms with van der Waals surface area (Å²) in [5.74, 6) is 0. The second-order valence-electron chi connectivity index (χ2n) is 4.48. The van der Waals surface area contributed by atoms with E-state index >= 15 is 0 Å². The lowest BCUT2D eigenvalue weighted by Crippen LogP contribution is -2.45. The molecule has 0 saturated carbocycles. The molecular formula is C10H11F3N2O6S. The maximum Gasteiger partial charge on any atom is 0.444 e. The summed E-state index contributed by atoms with van der Waals surface area (Å²) in [5, 5.41) is 28.8. The van der Waals surface area contributed by atoms with Gasteiger partial charge in [-0.1, -0.05) is 0 Å². The molecule has 4 atom stereocenters. The molecule has 1 aliphatic heterocycles. The molecule has 1 aromatic heterocycles. The number of rotatable bonds is 3. The molecule has 1 fully saturated rings. The predicted octanol–water partition coefficient (Wildman–Crippen LogP) is -1.27. The third-order valence-corrected chi connectivity index (χ3v) is 4.06. The van der Waals surface area contributed by atoms with Crippen LogP contribution in [0.2, 0.25) is 0 Å². The number of aliphatic hydroxyl groups is 3. The molecule has 0 aliphatic carbocycles. The molecule has 0 unspecified atom stereocenters. The van der Waals surface area contributed by atoms with Crippen LogP contribution >= 0.6 is 11.8 Å². The fourth-order valence-electron chi connectivity index (χ4n) is 2.05. The molecule has 0 radical (unpaired) electrons. The van der Waals surface area contributed by atoms with E-state index in [1.807, 2.05) is 4.98 Å². The quantitative estimate of drug-likeness (QED) is 0.539. The summed E-state index contributed by atoms with van der Waals surface area (Å²) in [6, 6.07) is 0.889. The summed E-state index contributed by atoms with van der Waals surface area (Å²) in [6.45, 7) is -1.26. The molecule has 0 bridgehead atoms. The highest BCUT2D eigenvalue weighted by molar-refractivity contribution is 8.01. The van der Waals surface area contributed by atoms with Crippen molar-refractivity contribution in [1.82, 2.24) is 9.55 Å². The molecule has 12 heteroatoms. The molecular weight excluding hydrogens is 333 g/mol. The third-order valence-electron chi connectivity index (χ3n) is 3.02. The number of thioether (sulfide) groups is 1. The van der Waals surface area contributed by atoms with Crippen molar-refractivity contribution < 1.29 is 33.2 Å². The van der Waals surface area contributed by atoms with E-state index in [1.54, 1.807) is 0 Å². The first kappa shape index (κ1) is 17.0. The maximum absolute atomic E-state index is 12.6. The van der Waals surface area contributed by atoms with Crippen LogP contribution in [0.1, 0.15) is 6.23 Å². The molecule has 0 spiro atoms. The first-order valence-electron chi connectivity index (χ1n) is 5.83. The van der Waals surface area contributed by atoms with Crippen LogP contribution < -0.4 is 11.2 Å². The van der Waals surface area contributed by atoms with Crippen molar-refractivity contribution in [3.05, 3.63) is 33.1 Å². The number of halogens is 3. The van der Waals surface area contributed by atoms with Gasteiger partial charge in [0.15, 0.2) is 11.2 Å². The van der Waals surface area contributed by atoms with E-state index in [0.717, 1.165) is 12.3 Å². The van der Waals surface area contributed by atoms with Gasteiger partial charge < -0.3 is 20.1 Å². The zero-order valence-electron chi connectivity index (χ0n) is 10.6. The SMILES string of the molecule is O=c1ccn([C@@H]2O[C@@](CO)(SC(F)(F)F)[C@@H](O)[C@H]2O)c(=O)[nH]1. The molecule has 22 heavy (non-hydrogen) atoms. The average Bonchev–Trinajstić information content (AvgIpc) is 2.63. The molecule has 2 rings (SSSR count). The molecule has 1 aromatic rings. The molecule has 1 aliphatic rings. The van der Waals surface area contributed by atoms with Crippen LogP contribution in [-0.4, -0.2) is 54.1 Å². The zero-order valence-corrected chi connectivity index (χ0v) is 11.5. The monoisotopic (exact) mass is 344 g/mol. The lowest BCUT2D eigenvalue weighted by atomic mass is 10.1. The zero-order chi connectivity index (χ0) is 16.7. The number of hydrogen-bond donors (Lipinski definition) is 4. The normalized spacial score (nSPS) is 32.4. The van der Waals surface area contributed by atoms with Gasteiger partial charge in [0.05, 0.1) is 6.61 Å². The second-order valence-corrected chi connectivity index (χ2v) is 5.84.